The molecule has 3 heterocycles. The molecule has 2 aromatic heterocycles. The van der Waals surface area contributed by atoms with Crippen molar-refractivity contribution in [3.8, 4) is 11.8 Å². The van der Waals surface area contributed by atoms with Gasteiger partial charge in [0.1, 0.15) is 41.9 Å². The number of fused-ring (bicyclic) bond motifs is 2. The Balaban J connectivity index is 1.46. The maximum Gasteiger partial charge on any atom is 0.459 e. The van der Waals surface area contributed by atoms with Crippen LogP contribution in [0, 0.1) is 11.3 Å². The van der Waals surface area contributed by atoms with Gasteiger partial charge in [0, 0.05) is 0 Å². The fourth-order valence-corrected chi connectivity index (χ4v) is 6.54. The van der Waals surface area contributed by atoms with Crippen LogP contribution in [-0.4, -0.2) is 61.8 Å². The third-order valence-electron chi connectivity index (χ3n) is 6.96. The summed E-state index contributed by atoms with van der Waals surface area (Å²) < 4.78 is 53.8. The molecule has 2 unspecified atom stereocenters. The van der Waals surface area contributed by atoms with Crippen LogP contribution in [0.4, 0.5) is 10.2 Å². The number of alkyl halides is 1. The van der Waals surface area contributed by atoms with Crippen LogP contribution >= 0.6 is 7.75 Å². The standard InChI is InChI=1S/C24H26FN6O7P/c1-4-35-21(32)14(2)30-39(34,37-15-8-6-5-7-9-15)38-19-18-24(19,33)22(3,25)23(12-26,36-18)17-11-10-16-20(27)28-13-29-31(16)17/h5-11,13-14,18-19,33H,4H2,1-3H3,(H,30,34)(H2,27,28,29)/t14-,18+,19?,22-,23-,24-,39?/m0/s1. The number of nitrogens with one attached hydrogen (secondary N) is 1. The molecule has 39 heavy (non-hydrogen) atoms. The highest BCUT2D eigenvalue weighted by molar-refractivity contribution is 7.52. The largest absolute Gasteiger partial charge is 0.465 e. The number of carbonyl (C=O) groups is 1. The Morgan fingerprint density at radius 2 is 2.10 bits per heavy atom. The zero-order valence-corrected chi connectivity index (χ0v) is 22.0. The number of aromatic nitrogens is 3. The van der Waals surface area contributed by atoms with Gasteiger partial charge in [0.05, 0.1) is 12.3 Å². The molecule has 1 saturated carbocycles. The summed E-state index contributed by atoms with van der Waals surface area (Å²) in [6.07, 6.45) is -1.82. The normalized spacial score (nSPS) is 31.6. The summed E-state index contributed by atoms with van der Waals surface area (Å²) in [5.41, 5.74) is -1.41. The first-order valence-corrected chi connectivity index (χ1v) is 13.5. The van der Waals surface area contributed by atoms with E-state index in [9.17, 15) is 19.7 Å². The van der Waals surface area contributed by atoms with Gasteiger partial charge in [-0.25, -0.2) is 18.5 Å². The Bertz CT molecular complexity index is 1510. The van der Waals surface area contributed by atoms with Crippen molar-refractivity contribution in [2.24, 2.45) is 0 Å². The lowest BCUT2D eigenvalue weighted by molar-refractivity contribution is -0.144. The second-order valence-electron chi connectivity index (χ2n) is 9.35. The predicted molar refractivity (Wildman–Crippen MR) is 133 cm³/mol. The summed E-state index contributed by atoms with van der Waals surface area (Å²) in [4.78, 5) is 16.1. The third-order valence-corrected chi connectivity index (χ3v) is 8.62. The number of benzene rings is 1. The number of nitrogens with zero attached hydrogens (tertiary/aromatic N) is 4. The van der Waals surface area contributed by atoms with Crippen LogP contribution in [0.25, 0.3) is 5.52 Å². The van der Waals surface area contributed by atoms with Crippen molar-refractivity contribution in [1.29, 1.82) is 5.26 Å². The molecule has 0 bridgehead atoms. The first-order chi connectivity index (χ1) is 18.4. The van der Waals surface area contributed by atoms with Crippen molar-refractivity contribution in [1.82, 2.24) is 19.7 Å². The number of rotatable bonds is 9. The molecule has 0 amide bonds. The number of para-hydroxylation sites is 1. The Morgan fingerprint density at radius 1 is 1.38 bits per heavy atom. The predicted octanol–water partition coefficient (Wildman–Crippen LogP) is 2.02. The van der Waals surface area contributed by atoms with Gasteiger partial charge in [-0.05, 0) is 45.0 Å². The maximum absolute atomic E-state index is 16.7. The Kier molecular flexibility index (Phi) is 6.40. The van der Waals surface area contributed by atoms with E-state index in [4.69, 9.17) is 24.3 Å². The van der Waals surface area contributed by atoms with Gasteiger partial charge in [0.25, 0.3) is 0 Å². The molecule has 1 aliphatic heterocycles. The number of hydrogen-bond acceptors (Lipinski definition) is 11. The van der Waals surface area contributed by atoms with Crippen LogP contribution < -0.4 is 15.3 Å². The van der Waals surface area contributed by atoms with Crippen molar-refractivity contribution in [3.05, 3.63) is 54.5 Å². The van der Waals surface area contributed by atoms with Gasteiger partial charge in [0.15, 0.2) is 17.1 Å². The Labute approximate surface area is 222 Å². The number of esters is 1. The van der Waals surface area contributed by atoms with Gasteiger partial charge in [-0.15, -0.1) is 0 Å². The molecule has 2 aliphatic rings. The van der Waals surface area contributed by atoms with E-state index >= 15 is 4.39 Å². The van der Waals surface area contributed by atoms with Crippen LogP contribution in [-0.2, 0) is 29.0 Å². The first kappa shape index (κ1) is 27.0. The van der Waals surface area contributed by atoms with E-state index in [1.807, 2.05) is 6.07 Å². The van der Waals surface area contributed by atoms with Crippen molar-refractivity contribution in [2.75, 3.05) is 12.3 Å². The highest BCUT2D eigenvalue weighted by Gasteiger charge is 2.90. The number of ether oxygens (including phenoxy) is 2. The fourth-order valence-electron chi connectivity index (χ4n) is 4.83. The van der Waals surface area contributed by atoms with E-state index in [-0.39, 0.29) is 23.9 Å². The van der Waals surface area contributed by atoms with E-state index in [1.54, 1.807) is 25.1 Å². The van der Waals surface area contributed by atoms with Crippen LogP contribution in [0.3, 0.4) is 0 Å². The van der Waals surface area contributed by atoms with Gasteiger partial charge in [0.2, 0.25) is 5.60 Å². The van der Waals surface area contributed by atoms with Crippen LogP contribution in [0.5, 0.6) is 5.75 Å². The van der Waals surface area contributed by atoms with Crippen molar-refractivity contribution < 1.29 is 37.4 Å². The highest BCUT2D eigenvalue weighted by Crippen LogP contribution is 2.69. The molecular formula is C24H26FN6O7P. The lowest BCUT2D eigenvalue weighted by Gasteiger charge is -2.36. The van der Waals surface area contributed by atoms with Gasteiger partial charge >= 0.3 is 13.7 Å². The molecule has 206 valence electrons. The number of carbonyl (C=O) groups excluding carboxylic acids is 1. The zero-order valence-electron chi connectivity index (χ0n) is 21.1. The third kappa shape index (κ3) is 3.97. The minimum atomic E-state index is -4.46. The van der Waals surface area contributed by atoms with E-state index in [0.717, 1.165) is 13.3 Å². The van der Waals surface area contributed by atoms with E-state index in [2.05, 4.69) is 15.2 Å². The number of hydrogen-bond donors (Lipinski definition) is 3. The van der Waals surface area contributed by atoms with Gasteiger partial charge < -0.3 is 24.8 Å². The molecule has 0 radical (unpaired) electrons. The molecule has 1 aliphatic carbocycles. The SMILES string of the molecule is CCOC(=O)[C@H](C)NP(=O)(Oc1ccccc1)OC1[C@H]2O[C@@](C#N)(c3ccc4c(N)ncnn34)[C@](C)(F)[C@@]12O. The number of nitriles is 1. The van der Waals surface area contributed by atoms with E-state index < -0.39 is 48.8 Å². The molecular weight excluding hydrogens is 534 g/mol. The molecule has 1 saturated heterocycles. The monoisotopic (exact) mass is 560 g/mol. The summed E-state index contributed by atoms with van der Waals surface area (Å²) in [5, 5.41) is 28.1. The second kappa shape index (κ2) is 9.25. The van der Waals surface area contributed by atoms with Crippen LogP contribution in [0.15, 0.2) is 48.8 Å². The average molecular weight is 560 g/mol. The summed E-state index contributed by atoms with van der Waals surface area (Å²) in [5.74, 6) is -0.521. The summed E-state index contributed by atoms with van der Waals surface area (Å²) in [7, 11) is -4.46. The number of nitrogen functional groups attached to an aromatic ring is 1. The quantitative estimate of drug-likeness (QED) is 0.256. The minimum Gasteiger partial charge on any atom is -0.465 e. The number of aliphatic hydroxyl groups is 1. The summed E-state index contributed by atoms with van der Waals surface area (Å²) in [6.45, 7) is 4.06. The highest BCUT2D eigenvalue weighted by atomic mass is 31.2. The molecule has 5 rings (SSSR count). The molecule has 15 heteroatoms. The average Bonchev–Trinajstić information content (AvgIpc) is 3.16. The minimum absolute atomic E-state index is 0.0312. The summed E-state index contributed by atoms with van der Waals surface area (Å²) in [6, 6.07) is 11.5. The molecule has 3 aromatic rings. The van der Waals surface area contributed by atoms with Crippen LogP contribution in [0.2, 0.25) is 0 Å². The maximum atomic E-state index is 16.7. The smallest absolute Gasteiger partial charge is 0.459 e. The Hall–Kier alpha value is -3.60. The van der Waals surface area contributed by atoms with Crippen molar-refractivity contribution in [2.45, 2.75) is 55.9 Å². The molecule has 7 atom stereocenters. The van der Waals surface area contributed by atoms with Crippen LogP contribution in [0.1, 0.15) is 26.5 Å². The summed E-state index contributed by atoms with van der Waals surface area (Å²) >= 11 is 0. The van der Waals surface area contributed by atoms with Gasteiger partial charge in [-0.2, -0.15) is 15.4 Å². The lowest BCUT2D eigenvalue weighted by Crippen LogP contribution is -2.54. The van der Waals surface area contributed by atoms with E-state index in [1.165, 1.54) is 35.7 Å². The molecule has 13 nitrogen and oxygen atoms in total. The number of anilines is 1. The van der Waals surface area contributed by atoms with Gasteiger partial charge in [-0.1, -0.05) is 18.2 Å². The van der Waals surface area contributed by atoms with Gasteiger partial charge in [-0.3, -0.25) is 9.32 Å². The fraction of sp³-hybridized carbons (Fsp3) is 0.417. The second-order valence-corrected chi connectivity index (χ2v) is 11.0. The molecule has 0 spiro atoms. The van der Waals surface area contributed by atoms with E-state index in [0.29, 0.717) is 5.52 Å². The van der Waals surface area contributed by atoms with Crippen molar-refractivity contribution >= 4 is 25.1 Å². The number of nitrogens with two attached hydrogens (primary N) is 1. The molecule has 1 aromatic carbocycles. The van der Waals surface area contributed by atoms with Crippen molar-refractivity contribution in [3.63, 3.8) is 0 Å². The molecule has 4 N–H and O–H groups in total. The molecule has 2 fully saturated rings. The topological polar surface area (TPSA) is 183 Å². The Morgan fingerprint density at radius 3 is 2.72 bits per heavy atom. The number of halogens is 1. The zero-order chi connectivity index (χ0) is 28.2. The first-order valence-electron chi connectivity index (χ1n) is 12.0. The lowest BCUT2D eigenvalue weighted by atomic mass is 9.80.